The molecule has 3 heterocycles. The maximum Gasteiger partial charge on any atom is 0.260 e. The minimum atomic E-state index is -1.54. The number of nitrogens with zero attached hydrogens (tertiary/aromatic N) is 1. The van der Waals surface area contributed by atoms with Crippen LogP contribution >= 0.6 is 0 Å². The maximum atomic E-state index is 6.43. The van der Waals surface area contributed by atoms with Gasteiger partial charge < -0.3 is 9.15 Å². The van der Waals surface area contributed by atoms with Gasteiger partial charge in [0.15, 0.2) is 11.8 Å². The van der Waals surface area contributed by atoms with Crippen molar-refractivity contribution in [3.05, 3.63) is 48.2 Å². The van der Waals surface area contributed by atoms with Crippen molar-refractivity contribution in [1.29, 1.82) is 0 Å². The predicted octanol–water partition coefficient (Wildman–Crippen LogP) is 5.04. The second kappa shape index (κ2) is 4.98. The lowest BCUT2D eigenvalue weighted by molar-refractivity contribution is -0.659. The fourth-order valence-electron chi connectivity index (χ4n) is 3.92. The Morgan fingerprint density at radius 3 is 2.58 bits per heavy atom. The third-order valence-corrected chi connectivity index (χ3v) is 7.00. The van der Waals surface area contributed by atoms with Crippen LogP contribution in [-0.2, 0) is 7.05 Å². The Kier molecular flexibility index (Phi) is 3.00. The van der Waals surface area contributed by atoms with Crippen molar-refractivity contribution in [3.63, 3.8) is 0 Å². The lowest BCUT2D eigenvalue weighted by atomic mass is 9.93. The Labute approximate surface area is 153 Å². The van der Waals surface area contributed by atoms with Crippen LogP contribution in [0.15, 0.2) is 47.0 Å². The summed E-state index contributed by atoms with van der Waals surface area (Å²) in [5.74, 6) is 1.75. The van der Waals surface area contributed by atoms with Crippen molar-refractivity contribution in [3.8, 4) is 22.8 Å². The fourth-order valence-corrected chi connectivity index (χ4v) is 4.92. The van der Waals surface area contributed by atoms with Crippen LogP contribution in [0.5, 0.6) is 11.5 Å². The van der Waals surface area contributed by atoms with Crippen LogP contribution in [0.4, 0.5) is 0 Å². The molecule has 0 aliphatic carbocycles. The first-order valence-electron chi connectivity index (χ1n) is 9.02. The van der Waals surface area contributed by atoms with Gasteiger partial charge in [-0.25, -0.2) is 0 Å². The van der Waals surface area contributed by atoms with Crippen molar-refractivity contribution >= 4 is 35.2 Å². The molecule has 0 saturated carbocycles. The predicted molar refractivity (Wildman–Crippen MR) is 108 cm³/mol. The number of hydrogen-bond acceptors (Lipinski definition) is 2. The van der Waals surface area contributed by atoms with E-state index in [1.165, 1.54) is 21.9 Å². The molecule has 0 amide bonds. The third kappa shape index (κ3) is 2.02. The minimum absolute atomic E-state index is 0.837. The van der Waals surface area contributed by atoms with E-state index in [-0.39, 0.29) is 0 Å². The van der Waals surface area contributed by atoms with Crippen LogP contribution in [-0.4, -0.2) is 8.07 Å². The summed E-state index contributed by atoms with van der Waals surface area (Å²) in [5, 5.41) is 4.61. The van der Waals surface area contributed by atoms with E-state index in [1.54, 1.807) is 0 Å². The number of furan rings is 1. The Morgan fingerprint density at radius 2 is 1.81 bits per heavy atom. The molecule has 0 fully saturated rings. The summed E-state index contributed by atoms with van der Waals surface area (Å²) in [6.07, 6.45) is 2.16. The van der Waals surface area contributed by atoms with Crippen LogP contribution in [0.1, 0.15) is 5.56 Å². The average Bonchev–Trinajstić information content (AvgIpc) is 3.02. The standard InChI is InChI=1S/C22H22NO2Si/c1-13-9-10-14-7-6-8-16-19(14)18(13)20-22(24-16)21-15(12-23(20)2)11-17(25-21)26(3,4)5/h6-12H,1-5H3/q+1. The van der Waals surface area contributed by atoms with E-state index in [2.05, 4.69) is 80.8 Å². The van der Waals surface area contributed by atoms with Crippen LogP contribution in [0.2, 0.25) is 19.6 Å². The molecule has 0 N–H and O–H groups in total. The van der Waals surface area contributed by atoms with Gasteiger partial charge in [0.25, 0.3) is 5.69 Å². The van der Waals surface area contributed by atoms with E-state index in [0.717, 1.165) is 33.5 Å². The Bertz CT molecular complexity index is 1210. The summed E-state index contributed by atoms with van der Waals surface area (Å²) in [6.45, 7) is 9.08. The normalized spacial score (nSPS) is 13.1. The van der Waals surface area contributed by atoms with Crippen molar-refractivity contribution in [2.24, 2.45) is 7.05 Å². The van der Waals surface area contributed by atoms with E-state index in [0.29, 0.717) is 0 Å². The second-order valence-corrected chi connectivity index (χ2v) is 13.3. The lowest BCUT2D eigenvalue weighted by Crippen LogP contribution is -2.36. The summed E-state index contributed by atoms with van der Waals surface area (Å²) in [6, 6.07) is 12.8. The van der Waals surface area contributed by atoms with Gasteiger partial charge >= 0.3 is 0 Å². The highest BCUT2D eigenvalue weighted by Gasteiger charge is 2.34. The van der Waals surface area contributed by atoms with Crippen LogP contribution in [0, 0.1) is 6.92 Å². The lowest BCUT2D eigenvalue weighted by Gasteiger charge is -2.20. The largest absolute Gasteiger partial charge is 0.462 e. The molecule has 0 saturated heterocycles. The Hall–Kier alpha value is -2.59. The molecule has 2 aromatic heterocycles. The summed E-state index contributed by atoms with van der Waals surface area (Å²) < 4.78 is 15.0. The first-order valence-corrected chi connectivity index (χ1v) is 12.5. The molecule has 0 spiro atoms. The molecule has 5 rings (SSSR count). The Morgan fingerprint density at radius 1 is 1.00 bits per heavy atom. The molecule has 4 heteroatoms. The fraction of sp³-hybridized carbons (Fsp3) is 0.227. The monoisotopic (exact) mass is 360 g/mol. The van der Waals surface area contributed by atoms with Crippen LogP contribution in [0.25, 0.3) is 33.0 Å². The quantitative estimate of drug-likeness (QED) is 0.309. The number of ether oxygens (including phenoxy) is 1. The van der Waals surface area contributed by atoms with Crippen molar-refractivity contribution in [2.75, 3.05) is 0 Å². The van der Waals surface area contributed by atoms with E-state index in [4.69, 9.17) is 9.15 Å². The van der Waals surface area contributed by atoms with Gasteiger partial charge in [0, 0.05) is 5.39 Å². The summed E-state index contributed by atoms with van der Waals surface area (Å²) in [4.78, 5) is 0. The number of aromatic nitrogens is 1. The van der Waals surface area contributed by atoms with E-state index in [9.17, 15) is 0 Å². The molecule has 130 valence electrons. The molecule has 26 heavy (non-hydrogen) atoms. The van der Waals surface area contributed by atoms with E-state index < -0.39 is 8.07 Å². The molecule has 1 aliphatic heterocycles. The molecule has 0 bridgehead atoms. The number of benzene rings is 2. The topological polar surface area (TPSA) is 26.2 Å². The number of pyridine rings is 1. The summed E-state index contributed by atoms with van der Waals surface area (Å²) in [7, 11) is 0.550. The maximum absolute atomic E-state index is 6.43. The SMILES string of the molecule is Cc1ccc2cccc3c2c1-c1c(c2oc([Si](C)(C)C)cc2c[n+]1C)O3. The molecular weight excluding hydrogens is 338 g/mol. The minimum Gasteiger partial charge on any atom is -0.462 e. The summed E-state index contributed by atoms with van der Waals surface area (Å²) >= 11 is 0. The molecular formula is C22H22NO2Si+. The summed E-state index contributed by atoms with van der Waals surface area (Å²) in [5.41, 5.74) is 4.45. The van der Waals surface area contributed by atoms with E-state index in [1.807, 2.05) is 0 Å². The van der Waals surface area contributed by atoms with Gasteiger partial charge in [0.1, 0.15) is 20.9 Å². The highest BCUT2D eigenvalue weighted by Crippen LogP contribution is 2.48. The van der Waals surface area contributed by atoms with Crippen LogP contribution < -0.4 is 14.7 Å². The zero-order chi connectivity index (χ0) is 18.2. The number of hydrogen-bond donors (Lipinski definition) is 0. The van der Waals surface area contributed by atoms with Gasteiger partial charge in [-0.15, -0.1) is 0 Å². The van der Waals surface area contributed by atoms with Gasteiger partial charge in [-0.3, -0.25) is 0 Å². The van der Waals surface area contributed by atoms with Crippen molar-refractivity contribution in [2.45, 2.75) is 26.6 Å². The Balaban J connectivity index is 1.94. The second-order valence-electron chi connectivity index (χ2n) is 8.28. The molecule has 2 aromatic carbocycles. The van der Waals surface area contributed by atoms with Crippen LogP contribution in [0.3, 0.4) is 0 Å². The smallest absolute Gasteiger partial charge is 0.260 e. The number of aryl methyl sites for hydroxylation is 2. The first kappa shape index (κ1) is 15.6. The van der Waals surface area contributed by atoms with E-state index >= 15 is 0 Å². The van der Waals surface area contributed by atoms with Gasteiger partial charge in [0.2, 0.25) is 5.75 Å². The molecule has 0 unspecified atom stereocenters. The number of rotatable bonds is 1. The molecule has 4 aromatic rings. The third-order valence-electron chi connectivity index (χ3n) is 5.27. The highest BCUT2D eigenvalue weighted by atomic mass is 28.3. The average molecular weight is 361 g/mol. The first-order chi connectivity index (χ1) is 12.3. The van der Waals surface area contributed by atoms with Gasteiger partial charge in [0.05, 0.1) is 16.3 Å². The zero-order valence-electron chi connectivity index (χ0n) is 15.8. The molecule has 1 aliphatic rings. The molecule has 3 nitrogen and oxygen atoms in total. The van der Waals surface area contributed by atoms with Crippen molar-refractivity contribution in [1.82, 2.24) is 0 Å². The van der Waals surface area contributed by atoms with Gasteiger partial charge in [-0.2, -0.15) is 4.57 Å². The zero-order valence-corrected chi connectivity index (χ0v) is 16.8. The highest BCUT2D eigenvalue weighted by molar-refractivity contribution is 6.87. The van der Waals surface area contributed by atoms with Crippen molar-refractivity contribution < 1.29 is 13.7 Å². The molecule has 0 atom stereocenters. The van der Waals surface area contributed by atoms with Gasteiger partial charge in [-0.05, 0) is 30.0 Å². The van der Waals surface area contributed by atoms with Gasteiger partial charge in [-0.1, -0.05) is 43.9 Å². The molecule has 0 radical (unpaired) electrons. The number of fused-ring (bicyclic) bond motifs is 4.